The van der Waals surface area contributed by atoms with E-state index in [1.807, 2.05) is 36.5 Å². The van der Waals surface area contributed by atoms with Crippen molar-refractivity contribution in [2.24, 2.45) is 0 Å². The van der Waals surface area contributed by atoms with Crippen LogP contribution in [-0.2, 0) is 0 Å². The number of aromatic nitrogens is 4. The molecule has 0 spiro atoms. The molecule has 0 fully saturated rings. The number of hydrogen-bond donors (Lipinski definition) is 2. The Morgan fingerprint density at radius 3 is 2.56 bits per heavy atom. The largest absolute Gasteiger partial charge is 0.361 e. The zero-order chi connectivity index (χ0) is 18.5. The number of rotatable bonds is 2. The molecule has 27 heavy (non-hydrogen) atoms. The summed E-state index contributed by atoms with van der Waals surface area (Å²) in [7, 11) is 0. The standard InChI is InChI=1S/C22H18N4O/c1-13-7-14(2)9-16(8-13)19-11-21-20(12-24-19)25-22(27)26(21)17-3-4-18-15(10-17)5-6-23-18/h3-12,23H,1-2H3,(H,25,27). The van der Waals surface area contributed by atoms with Gasteiger partial charge in [-0.05, 0) is 56.3 Å². The first-order valence-corrected chi connectivity index (χ1v) is 8.85. The number of H-pyrrole nitrogens is 2. The van der Waals surface area contributed by atoms with E-state index in [-0.39, 0.29) is 5.69 Å². The first kappa shape index (κ1) is 15.6. The van der Waals surface area contributed by atoms with E-state index in [1.165, 1.54) is 11.1 Å². The number of aryl methyl sites for hydroxylation is 2. The van der Waals surface area contributed by atoms with Gasteiger partial charge in [0.15, 0.2) is 0 Å². The molecule has 0 saturated carbocycles. The number of fused-ring (bicyclic) bond motifs is 2. The Balaban J connectivity index is 1.75. The van der Waals surface area contributed by atoms with Gasteiger partial charge in [0.2, 0.25) is 0 Å². The van der Waals surface area contributed by atoms with Crippen LogP contribution in [0.15, 0.2) is 65.7 Å². The van der Waals surface area contributed by atoms with E-state index < -0.39 is 0 Å². The van der Waals surface area contributed by atoms with E-state index in [1.54, 1.807) is 10.8 Å². The molecule has 2 N–H and O–H groups in total. The Morgan fingerprint density at radius 2 is 1.74 bits per heavy atom. The summed E-state index contributed by atoms with van der Waals surface area (Å²) in [5.74, 6) is 0. The van der Waals surface area contributed by atoms with Gasteiger partial charge in [-0.2, -0.15) is 0 Å². The van der Waals surface area contributed by atoms with Crippen molar-refractivity contribution in [3.63, 3.8) is 0 Å². The van der Waals surface area contributed by atoms with Gasteiger partial charge >= 0.3 is 5.69 Å². The lowest BCUT2D eigenvalue weighted by Crippen LogP contribution is -2.14. The summed E-state index contributed by atoms with van der Waals surface area (Å²) in [6.45, 7) is 4.15. The lowest BCUT2D eigenvalue weighted by molar-refractivity contribution is 1.02. The van der Waals surface area contributed by atoms with Crippen molar-refractivity contribution in [2.75, 3.05) is 0 Å². The van der Waals surface area contributed by atoms with Crippen LogP contribution in [0.25, 0.3) is 38.9 Å². The monoisotopic (exact) mass is 354 g/mol. The van der Waals surface area contributed by atoms with Crippen LogP contribution in [0.4, 0.5) is 0 Å². The molecule has 0 aliphatic heterocycles. The molecule has 5 nitrogen and oxygen atoms in total. The highest BCUT2D eigenvalue weighted by Crippen LogP contribution is 2.25. The van der Waals surface area contributed by atoms with E-state index in [4.69, 9.17) is 0 Å². The Kier molecular flexibility index (Phi) is 3.31. The van der Waals surface area contributed by atoms with E-state index in [0.717, 1.165) is 38.9 Å². The number of hydrogen-bond acceptors (Lipinski definition) is 2. The van der Waals surface area contributed by atoms with Crippen LogP contribution < -0.4 is 5.69 Å². The molecule has 0 aliphatic carbocycles. The maximum absolute atomic E-state index is 12.6. The molecule has 0 bridgehead atoms. The molecular formula is C22H18N4O. The predicted octanol–water partition coefficient (Wildman–Crippen LogP) is 4.48. The van der Waals surface area contributed by atoms with Crippen LogP contribution in [0.2, 0.25) is 0 Å². The maximum Gasteiger partial charge on any atom is 0.331 e. The summed E-state index contributed by atoms with van der Waals surface area (Å²) in [5, 5.41) is 1.07. The van der Waals surface area contributed by atoms with Gasteiger partial charge in [-0.3, -0.25) is 9.55 Å². The molecule has 5 heteroatoms. The Morgan fingerprint density at radius 1 is 0.926 bits per heavy atom. The predicted molar refractivity (Wildman–Crippen MR) is 108 cm³/mol. The number of imidazole rings is 1. The molecule has 132 valence electrons. The average molecular weight is 354 g/mol. The summed E-state index contributed by atoms with van der Waals surface area (Å²) in [6.07, 6.45) is 3.63. The van der Waals surface area contributed by atoms with E-state index in [2.05, 4.69) is 47.0 Å². The lowest BCUT2D eigenvalue weighted by atomic mass is 10.0. The number of nitrogens with one attached hydrogen (secondary N) is 2. The van der Waals surface area contributed by atoms with Crippen LogP contribution in [-0.4, -0.2) is 19.5 Å². The molecule has 0 unspecified atom stereocenters. The maximum atomic E-state index is 12.6. The molecule has 2 aromatic carbocycles. The first-order valence-electron chi connectivity index (χ1n) is 8.85. The first-order chi connectivity index (χ1) is 13.1. The van der Waals surface area contributed by atoms with Crippen LogP contribution in [0, 0.1) is 13.8 Å². The fourth-order valence-corrected chi connectivity index (χ4v) is 3.72. The SMILES string of the molecule is Cc1cc(C)cc(-c2cc3c(cn2)[nH]c(=O)n3-c2ccc3[nH]ccc3c2)c1. The fourth-order valence-electron chi connectivity index (χ4n) is 3.72. The third kappa shape index (κ3) is 2.56. The highest BCUT2D eigenvalue weighted by molar-refractivity contribution is 5.85. The molecule has 5 aromatic rings. The minimum atomic E-state index is -0.167. The van der Waals surface area contributed by atoms with Crippen LogP contribution in [0.5, 0.6) is 0 Å². The summed E-state index contributed by atoms with van der Waals surface area (Å²) in [6, 6.07) is 16.3. The number of benzene rings is 2. The zero-order valence-corrected chi connectivity index (χ0v) is 15.1. The average Bonchev–Trinajstić information content (AvgIpc) is 3.22. The lowest BCUT2D eigenvalue weighted by Gasteiger charge is -2.07. The second-order valence-electron chi connectivity index (χ2n) is 6.98. The van der Waals surface area contributed by atoms with Gasteiger partial charge in [0.1, 0.15) is 0 Å². The van der Waals surface area contributed by atoms with Gasteiger partial charge in [0, 0.05) is 22.7 Å². The fraction of sp³-hybridized carbons (Fsp3) is 0.0909. The minimum Gasteiger partial charge on any atom is -0.361 e. The summed E-state index contributed by atoms with van der Waals surface area (Å²) >= 11 is 0. The van der Waals surface area contributed by atoms with Crippen molar-refractivity contribution in [1.82, 2.24) is 19.5 Å². The molecule has 0 amide bonds. The van der Waals surface area contributed by atoms with E-state index in [0.29, 0.717) is 0 Å². The number of aromatic amines is 2. The van der Waals surface area contributed by atoms with Crippen LogP contribution >= 0.6 is 0 Å². The summed E-state index contributed by atoms with van der Waals surface area (Å²) in [5.41, 5.74) is 7.54. The molecular weight excluding hydrogens is 336 g/mol. The van der Waals surface area contributed by atoms with Crippen LogP contribution in [0.3, 0.4) is 0 Å². The highest BCUT2D eigenvalue weighted by atomic mass is 16.1. The van der Waals surface area contributed by atoms with Crippen molar-refractivity contribution in [3.05, 3.63) is 82.5 Å². The van der Waals surface area contributed by atoms with Crippen molar-refractivity contribution in [2.45, 2.75) is 13.8 Å². The minimum absolute atomic E-state index is 0.167. The van der Waals surface area contributed by atoms with Gasteiger partial charge in [0.25, 0.3) is 0 Å². The summed E-state index contributed by atoms with van der Waals surface area (Å²) in [4.78, 5) is 23.3. The molecule has 0 aliphatic rings. The van der Waals surface area contributed by atoms with Gasteiger partial charge in [-0.25, -0.2) is 4.79 Å². The van der Waals surface area contributed by atoms with Crippen molar-refractivity contribution in [3.8, 4) is 16.9 Å². The quantitative estimate of drug-likeness (QED) is 0.491. The second-order valence-corrected chi connectivity index (χ2v) is 6.98. The summed E-state index contributed by atoms with van der Waals surface area (Å²) < 4.78 is 1.70. The Hall–Kier alpha value is -3.60. The topological polar surface area (TPSA) is 66.5 Å². The van der Waals surface area contributed by atoms with Gasteiger partial charge in [-0.15, -0.1) is 0 Å². The highest BCUT2D eigenvalue weighted by Gasteiger charge is 2.12. The van der Waals surface area contributed by atoms with E-state index in [9.17, 15) is 4.79 Å². The number of pyridine rings is 1. The number of nitrogens with zero attached hydrogens (tertiary/aromatic N) is 2. The molecule has 3 heterocycles. The van der Waals surface area contributed by atoms with Crippen molar-refractivity contribution < 1.29 is 0 Å². The molecule has 0 atom stereocenters. The third-order valence-corrected chi connectivity index (χ3v) is 4.88. The normalized spacial score (nSPS) is 11.5. The van der Waals surface area contributed by atoms with Crippen molar-refractivity contribution in [1.29, 1.82) is 0 Å². The van der Waals surface area contributed by atoms with E-state index >= 15 is 0 Å². The van der Waals surface area contributed by atoms with Gasteiger partial charge < -0.3 is 9.97 Å². The van der Waals surface area contributed by atoms with Crippen LogP contribution in [0.1, 0.15) is 11.1 Å². The van der Waals surface area contributed by atoms with Gasteiger partial charge in [-0.1, -0.05) is 17.2 Å². The van der Waals surface area contributed by atoms with Gasteiger partial charge in [0.05, 0.1) is 28.6 Å². The molecule has 0 radical (unpaired) electrons. The Bertz CT molecular complexity index is 1350. The molecule has 0 saturated heterocycles. The second kappa shape index (κ2) is 5.71. The third-order valence-electron chi connectivity index (χ3n) is 4.88. The Labute approximate surface area is 155 Å². The molecule has 5 rings (SSSR count). The zero-order valence-electron chi connectivity index (χ0n) is 15.1. The van der Waals surface area contributed by atoms with Crippen molar-refractivity contribution >= 4 is 21.9 Å². The smallest absolute Gasteiger partial charge is 0.331 e. The molecule has 3 aromatic heterocycles.